The quantitative estimate of drug-likeness (QED) is 0.558. The summed E-state index contributed by atoms with van der Waals surface area (Å²) in [5.41, 5.74) is 3.43. The van der Waals surface area contributed by atoms with Crippen LogP contribution < -0.4 is 15.1 Å². The number of amides is 1. The van der Waals surface area contributed by atoms with E-state index in [-0.39, 0.29) is 12.3 Å². The van der Waals surface area contributed by atoms with Gasteiger partial charge in [0.1, 0.15) is 5.82 Å². The average molecular weight is 495 g/mol. The summed E-state index contributed by atoms with van der Waals surface area (Å²) in [4.78, 5) is 21.9. The number of nitrogens with one attached hydrogen (secondary N) is 1. The van der Waals surface area contributed by atoms with Gasteiger partial charge in [-0.05, 0) is 37.1 Å². The van der Waals surface area contributed by atoms with E-state index in [1.807, 2.05) is 30.3 Å². The van der Waals surface area contributed by atoms with Crippen LogP contribution in [0, 0.1) is 5.92 Å². The molecule has 3 heterocycles. The monoisotopic (exact) mass is 494 g/mol. The first-order valence-corrected chi connectivity index (χ1v) is 11.8. The summed E-state index contributed by atoms with van der Waals surface area (Å²) < 4.78 is 42.9. The van der Waals surface area contributed by atoms with Crippen molar-refractivity contribution in [1.29, 1.82) is 0 Å². The Labute approximate surface area is 203 Å². The second kappa shape index (κ2) is 12.2. The van der Waals surface area contributed by atoms with Crippen molar-refractivity contribution in [2.24, 2.45) is 5.92 Å². The molecule has 1 aromatic heterocycles. The van der Waals surface area contributed by atoms with E-state index in [4.69, 9.17) is 9.84 Å². The van der Waals surface area contributed by atoms with Gasteiger partial charge in [0, 0.05) is 50.0 Å². The summed E-state index contributed by atoms with van der Waals surface area (Å²) in [5, 5.41) is 10.4. The van der Waals surface area contributed by atoms with Gasteiger partial charge >= 0.3 is 6.18 Å². The highest BCUT2D eigenvalue weighted by Gasteiger charge is 2.30. The van der Waals surface area contributed by atoms with Crippen LogP contribution in [0.5, 0.6) is 0 Å². The highest BCUT2D eigenvalue weighted by Crippen LogP contribution is 2.38. The lowest BCUT2D eigenvalue weighted by Gasteiger charge is -2.31. The Morgan fingerprint density at radius 1 is 1.20 bits per heavy atom. The molecule has 2 aliphatic rings. The zero-order valence-electron chi connectivity index (χ0n) is 20.1. The molecule has 7 nitrogen and oxygen atoms in total. The summed E-state index contributed by atoms with van der Waals surface area (Å²) in [5.74, 6) is 0.211. The van der Waals surface area contributed by atoms with Crippen LogP contribution in [0.4, 0.5) is 36.1 Å². The molecule has 1 fully saturated rings. The summed E-state index contributed by atoms with van der Waals surface area (Å²) in [6.45, 7) is 5.01. The molecular weight excluding hydrogens is 461 g/mol. The van der Waals surface area contributed by atoms with E-state index < -0.39 is 18.5 Å². The Morgan fingerprint density at radius 2 is 1.94 bits per heavy atom. The Morgan fingerprint density at radius 3 is 2.66 bits per heavy atom. The van der Waals surface area contributed by atoms with Crippen LogP contribution in [0.2, 0.25) is 0 Å². The maximum atomic E-state index is 13.5. The van der Waals surface area contributed by atoms with Gasteiger partial charge in [0.25, 0.3) is 0 Å². The van der Waals surface area contributed by atoms with Gasteiger partial charge in [-0.15, -0.1) is 0 Å². The number of aromatic nitrogens is 1. The Balaban J connectivity index is 0.00000167. The Kier molecular flexibility index (Phi) is 9.33. The number of halogens is 3. The van der Waals surface area contributed by atoms with Gasteiger partial charge in [0.15, 0.2) is 0 Å². The lowest BCUT2D eigenvalue weighted by atomic mass is 10.0. The van der Waals surface area contributed by atoms with Gasteiger partial charge in [0.2, 0.25) is 5.91 Å². The second-order valence-electron chi connectivity index (χ2n) is 8.62. The number of morpholine rings is 1. The van der Waals surface area contributed by atoms with Crippen LogP contribution in [-0.2, 0) is 16.1 Å². The van der Waals surface area contributed by atoms with Crippen molar-refractivity contribution in [1.82, 2.24) is 4.98 Å². The van der Waals surface area contributed by atoms with Crippen molar-refractivity contribution >= 4 is 28.8 Å². The van der Waals surface area contributed by atoms with Crippen LogP contribution in [0.25, 0.3) is 0 Å². The van der Waals surface area contributed by atoms with Crippen LogP contribution in [0.15, 0.2) is 36.5 Å². The normalized spacial score (nSPS) is 16.2. The van der Waals surface area contributed by atoms with E-state index in [1.165, 1.54) is 0 Å². The Bertz CT molecular complexity index is 981. The summed E-state index contributed by atoms with van der Waals surface area (Å²) in [7, 11) is 1.00. The molecule has 0 spiro atoms. The molecule has 0 radical (unpaired) electrons. The van der Waals surface area contributed by atoms with E-state index in [9.17, 15) is 18.0 Å². The summed E-state index contributed by atoms with van der Waals surface area (Å²) in [6.07, 6.45) is -2.46. The smallest absolute Gasteiger partial charge is 0.389 e. The molecule has 2 N–H and O–H groups in total. The predicted octanol–water partition coefficient (Wildman–Crippen LogP) is 4.88. The minimum Gasteiger partial charge on any atom is -0.400 e. The minimum atomic E-state index is -4.16. The number of anilines is 4. The van der Waals surface area contributed by atoms with E-state index >= 15 is 0 Å². The van der Waals surface area contributed by atoms with Crippen molar-refractivity contribution in [3.05, 3.63) is 42.1 Å². The minimum absolute atomic E-state index is 0.0349. The largest absolute Gasteiger partial charge is 0.400 e. The number of hydrogen-bond donors (Lipinski definition) is 2. The number of unbranched alkanes of at least 4 members (excludes halogenated alkanes) is 1. The molecular formula is C25H33F3N4O3. The third-order valence-electron chi connectivity index (χ3n) is 6.16. The van der Waals surface area contributed by atoms with Gasteiger partial charge in [0.05, 0.1) is 31.1 Å². The highest BCUT2D eigenvalue weighted by atomic mass is 19.4. The molecule has 35 heavy (non-hydrogen) atoms. The van der Waals surface area contributed by atoms with Crippen molar-refractivity contribution in [3.63, 3.8) is 0 Å². The third kappa shape index (κ3) is 7.08. The molecule has 1 unspecified atom stereocenters. The second-order valence-corrected chi connectivity index (χ2v) is 8.62. The topological polar surface area (TPSA) is 77.9 Å². The third-order valence-corrected chi connectivity index (χ3v) is 6.16. The molecule has 10 heteroatoms. The SMILES string of the molecule is CC(CCCCC(F)(F)F)C(=O)N1Cc2cccnc2Nc2ccc(N3CCOCC3)cc21.CO. The van der Waals surface area contributed by atoms with Crippen LogP contribution in [-0.4, -0.2) is 55.6 Å². The fourth-order valence-electron chi connectivity index (χ4n) is 4.29. The molecule has 1 amide bonds. The molecule has 2 aromatic rings. The number of alkyl halides is 3. The molecule has 2 aliphatic heterocycles. The number of rotatable bonds is 6. The molecule has 0 saturated carbocycles. The molecule has 0 aliphatic carbocycles. The van der Waals surface area contributed by atoms with E-state index in [1.54, 1.807) is 18.0 Å². The van der Waals surface area contributed by atoms with Crippen molar-refractivity contribution in [2.45, 2.75) is 45.3 Å². The summed E-state index contributed by atoms with van der Waals surface area (Å²) >= 11 is 0. The van der Waals surface area contributed by atoms with E-state index in [2.05, 4.69) is 15.2 Å². The van der Waals surface area contributed by atoms with E-state index in [0.717, 1.165) is 42.8 Å². The number of nitrogens with zero attached hydrogens (tertiary/aromatic N) is 3. The van der Waals surface area contributed by atoms with Gasteiger partial charge in [-0.25, -0.2) is 4.98 Å². The van der Waals surface area contributed by atoms with E-state index in [0.29, 0.717) is 38.4 Å². The number of pyridine rings is 1. The highest BCUT2D eigenvalue weighted by molar-refractivity contribution is 6.00. The van der Waals surface area contributed by atoms with Crippen LogP contribution in [0.1, 0.15) is 38.2 Å². The maximum absolute atomic E-state index is 13.5. The van der Waals surface area contributed by atoms with Crippen molar-refractivity contribution in [3.8, 4) is 0 Å². The zero-order chi connectivity index (χ0) is 25.4. The lowest BCUT2D eigenvalue weighted by Crippen LogP contribution is -2.37. The van der Waals surface area contributed by atoms with Gasteiger partial charge in [-0.1, -0.05) is 19.4 Å². The molecule has 0 bridgehead atoms. The number of hydrogen-bond acceptors (Lipinski definition) is 6. The van der Waals surface area contributed by atoms with Gasteiger partial charge in [-0.2, -0.15) is 13.2 Å². The van der Waals surface area contributed by atoms with Gasteiger partial charge < -0.3 is 25.0 Å². The zero-order valence-corrected chi connectivity index (χ0v) is 20.1. The Hall–Kier alpha value is -2.85. The molecule has 1 atom stereocenters. The fraction of sp³-hybridized carbons (Fsp3) is 0.520. The average Bonchev–Trinajstić information content (AvgIpc) is 3.03. The predicted molar refractivity (Wildman–Crippen MR) is 130 cm³/mol. The number of carbonyl (C=O) groups is 1. The number of aliphatic hydroxyl groups is 1. The molecule has 1 aromatic carbocycles. The molecule has 1 saturated heterocycles. The van der Waals surface area contributed by atoms with Crippen molar-refractivity contribution < 1.29 is 27.8 Å². The number of carbonyl (C=O) groups excluding carboxylic acids is 1. The molecule has 192 valence electrons. The number of benzene rings is 1. The maximum Gasteiger partial charge on any atom is 0.389 e. The fourth-order valence-corrected chi connectivity index (χ4v) is 4.29. The van der Waals surface area contributed by atoms with Crippen molar-refractivity contribution in [2.75, 3.05) is 48.5 Å². The lowest BCUT2D eigenvalue weighted by molar-refractivity contribution is -0.135. The molecule has 4 rings (SSSR count). The summed E-state index contributed by atoms with van der Waals surface area (Å²) in [6, 6.07) is 9.75. The van der Waals surface area contributed by atoms with Crippen LogP contribution in [0.3, 0.4) is 0 Å². The number of fused-ring (bicyclic) bond motifs is 2. The van der Waals surface area contributed by atoms with Crippen LogP contribution >= 0.6 is 0 Å². The first kappa shape index (κ1) is 26.7. The standard InChI is InChI=1S/C24H29F3N4O2.CH4O/c1-17(5-2-3-9-24(25,26)27)23(32)31-16-18-6-4-10-28-22(18)29-20-8-7-19(15-21(20)31)30-11-13-33-14-12-30;1-2/h4,6-8,10,15,17H,2-3,5,9,11-14,16H2,1H3,(H,28,29);2H,1H3. The van der Waals surface area contributed by atoms with Gasteiger partial charge in [-0.3, -0.25) is 4.79 Å². The first-order valence-electron chi connectivity index (χ1n) is 11.8. The number of aliphatic hydroxyl groups excluding tert-OH is 1. The number of ether oxygens (including phenoxy) is 1. The first-order chi connectivity index (χ1) is 16.8.